The molecule has 0 bridgehead atoms. The highest BCUT2D eigenvalue weighted by molar-refractivity contribution is 5.91. The monoisotopic (exact) mass is 395 g/mol. The second kappa shape index (κ2) is 6.78. The van der Waals surface area contributed by atoms with Crippen LogP contribution in [0.5, 0.6) is 5.75 Å². The molecule has 0 amide bonds. The summed E-state index contributed by atoms with van der Waals surface area (Å²) in [5.74, 6) is 1.71. The van der Waals surface area contributed by atoms with Gasteiger partial charge in [0.05, 0.1) is 31.0 Å². The number of methoxy groups -OCH3 is 1. The predicted molar refractivity (Wildman–Crippen MR) is 117 cm³/mol. The molecule has 6 rings (SSSR count). The van der Waals surface area contributed by atoms with Crippen LogP contribution in [0.4, 0.5) is 0 Å². The molecule has 0 radical (unpaired) electrons. The lowest BCUT2D eigenvalue weighted by Crippen LogP contribution is -2.28. The molecule has 1 saturated heterocycles. The molecule has 4 aromatic rings. The first kappa shape index (κ1) is 17.4. The van der Waals surface area contributed by atoms with Gasteiger partial charge in [0.1, 0.15) is 17.1 Å². The largest absolute Gasteiger partial charge is 0.497 e. The van der Waals surface area contributed by atoms with E-state index in [2.05, 4.69) is 65.6 Å². The van der Waals surface area contributed by atoms with Crippen LogP contribution in [0.2, 0.25) is 0 Å². The first-order valence-electron chi connectivity index (χ1n) is 10.2. The molecule has 148 valence electrons. The van der Waals surface area contributed by atoms with Gasteiger partial charge in [0.15, 0.2) is 6.23 Å². The Morgan fingerprint density at radius 3 is 2.47 bits per heavy atom. The van der Waals surface area contributed by atoms with Crippen molar-refractivity contribution in [2.75, 3.05) is 13.7 Å². The number of nitrogens with zero attached hydrogens (tertiary/aromatic N) is 1. The molecule has 4 heteroatoms. The fraction of sp³-hybridized carbons (Fsp3) is 0.154. The molecule has 1 aromatic heterocycles. The van der Waals surface area contributed by atoms with Crippen molar-refractivity contribution in [3.63, 3.8) is 0 Å². The van der Waals surface area contributed by atoms with Crippen LogP contribution in [0, 0.1) is 0 Å². The Bertz CT molecular complexity index is 1240. The minimum atomic E-state index is -0.184. The highest BCUT2D eigenvalue weighted by atomic mass is 16.5. The molecule has 2 atom stereocenters. The summed E-state index contributed by atoms with van der Waals surface area (Å²) in [6.07, 6.45) is 1.97. The highest BCUT2D eigenvalue weighted by Crippen LogP contribution is 2.51. The first-order chi connectivity index (χ1) is 14.8. The summed E-state index contributed by atoms with van der Waals surface area (Å²) >= 11 is 0. The molecule has 0 spiro atoms. The molecule has 3 heterocycles. The van der Waals surface area contributed by atoms with Crippen LogP contribution in [0.15, 0.2) is 83.3 Å². The van der Waals surface area contributed by atoms with Crippen molar-refractivity contribution in [3.8, 4) is 5.75 Å². The SMILES string of the molecule is COc1ccc(C2=Cc3oc4ccccc4c3[C@@H]3OC[C@@H](c4ccccc4)N23)cc1. The van der Waals surface area contributed by atoms with Gasteiger partial charge in [0.2, 0.25) is 0 Å². The second-order valence-electron chi connectivity index (χ2n) is 7.65. The second-order valence-corrected chi connectivity index (χ2v) is 7.65. The van der Waals surface area contributed by atoms with E-state index in [-0.39, 0.29) is 12.3 Å². The number of hydrogen-bond donors (Lipinski definition) is 0. The summed E-state index contributed by atoms with van der Waals surface area (Å²) in [5, 5.41) is 1.11. The van der Waals surface area contributed by atoms with Crippen LogP contribution in [0.25, 0.3) is 22.7 Å². The lowest BCUT2D eigenvalue weighted by Gasteiger charge is -2.35. The summed E-state index contributed by atoms with van der Waals surface area (Å²) < 4.78 is 18.0. The summed E-state index contributed by atoms with van der Waals surface area (Å²) in [7, 11) is 1.69. The van der Waals surface area contributed by atoms with E-state index in [1.807, 2.05) is 24.3 Å². The van der Waals surface area contributed by atoms with Crippen molar-refractivity contribution >= 4 is 22.7 Å². The van der Waals surface area contributed by atoms with Gasteiger partial charge in [0, 0.05) is 11.5 Å². The van der Waals surface area contributed by atoms with Gasteiger partial charge >= 0.3 is 0 Å². The third kappa shape index (κ3) is 2.57. The Morgan fingerprint density at radius 1 is 0.900 bits per heavy atom. The Labute approximate surface area is 174 Å². The van der Waals surface area contributed by atoms with Crippen LogP contribution in [0.3, 0.4) is 0 Å². The maximum absolute atomic E-state index is 6.41. The van der Waals surface area contributed by atoms with Gasteiger partial charge in [-0.05, 0) is 41.5 Å². The van der Waals surface area contributed by atoms with Gasteiger partial charge in [-0.2, -0.15) is 0 Å². The van der Waals surface area contributed by atoms with Crippen LogP contribution in [0.1, 0.15) is 34.7 Å². The Balaban J connectivity index is 1.55. The van der Waals surface area contributed by atoms with Crippen LogP contribution < -0.4 is 4.74 Å². The summed E-state index contributed by atoms with van der Waals surface area (Å²) in [4.78, 5) is 2.39. The van der Waals surface area contributed by atoms with E-state index in [1.54, 1.807) is 7.11 Å². The Hall–Kier alpha value is -3.50. The molecule has 30 heavy (non-hydrogen) atoms. The van der Waals surface area contributed by atoms with E-state index < -0.39 is 0 Å². The maximum Gasteiger partial charge on any atom is 0.161 e. The molecule has 2 aliphatic rings. The molecule has 3 aromatic carbocycles. The lowest BCUT2D eigenvalue weighted by atomic mass is 9.97. The van der Waals surface area contributed by atoms with E-state index in [0.717, 1.165) is 39.3 Å². The van der Waals surface area contributed by atoms with Crippen molar-refractivity contribution in [3.05, 3.63) is 101 Å². The number of fused-ring (bicyclic) bond motifs is 5. The van der Waals surface area contributed by atoms with Gasteiger partial charge in [0.25, 0.3) is 0 Å². The number of rotatable bonds is 3. The van der Waals surface area contributed by atoms with E-state index in [0.29, 0.717) is 6.61 Å². The van der Waals surface area contributed by atoms with Crippen LogP contribution >= 0.6 is 0 Å². The smallest absolute Gasteiger partial charge is 0.161 e. The number of benzene rings is 3. The fourth-order valence-corrected chi connectivity index (χ4v) is 4.59. The van der Waals surface area contributed by atoms with Gasteiger partial charge in [-0.25, -0.2) is 0 Å². The predicted octanol–water partition coefficient (Wildman–Crippen LogP) is 6.03. The standard InChI is InChI=1S/C26H21NO3/c1-28-19-13-11-18(12-14-19)21-15-24-25(20-9-5-6-10-23(20)30-24)26-27(21)22(16-29-26)17-7-3-2-4-8-17/h2-15,22,26H,16H2,1H3/t22-,26-/m0/s1. The van der Waals surface area contributed by atoms with Gasteiger partial charge < -0.3 is 18.8 Å². The van der Waals surface area contributed by atoms with Crippen molar-refractivity contribution in [1.82, 2.24) is 4.90 Å². The lowest BCUT2D eigenvalue weighted by molar-refractivity contribution is 0.0573. The normalized spacial score (nSPS) is 20.0. The fourth-order valence-electron chi connectivity index (χ4n) is 4.59. The Morgan fingerprint density at radius 2 is 1.67 bits per heavy atom. The van der Waals surface area contributed by atoms with E-state index in [1.165, 1.54) is 5.56 Å². The summed E-state index contributed by atoms with van der Waals surface area (Å²) in [5.41, 5.74) is 5.46. The maximum atomic E-state index is 6.41. The van der Waals surface area contributed by atoms with E-state index in [4.69, 9.17) is 13.9 Å². The van der Waals surface area contributed by atoms with Crippen molar-refractivity contribution in [2.24, 2.45) is 0 Å². The van der Waals surface area contributed by atoms with Gasteiger partial charge in [-0.3, -0.25) is 0 Å². The number of hydrogen-bond acceptors (Lipinski definition) is 4. The number of para-hydroxylation sites is 1. The van der Waals surface area contributed by atoms with E-state index in [9.17, 15) is 0 Å². The van der Waals surface area contributed by atoms with Crippen LogP contribution in [-0.2, 0) is 4.74 Å². The van der Waals surface area contributed by atoms with Gasteiger partial charge in [-0.15, -0.1) is 0 Å². The topological polar surface area (TPSA) is 34.8 Å². The molecule has 0 saturated carbocycles. The third-order valence-corrected chi connectivity index (χ3v) is 6.03. The zero-order valence-corrected chi connectivity index (χ0v) is 16.6. The molecule has 0 N–H and O–H groups in total. The summed E-state index contributed by atoms with van der Waals surface area (Å²) in [6.45, 7) is 0.626. The molecule has 4 nitrogen and oxygen atoms in total. The zero-order chi connectivity index (χ0) is 20.1. The van der Waals surface area contributed by atoms with Crippen LogP contribution in [-0.4, -0.2) is 18.6 Å². The quantitative estimate of drug-likeness (QED) is 0.424. The molecular formula is C26H21NO3. The summed E-state index contributed by atoms with van der Waals surface area (Å²) in [6, 6.07) is 27.1. The van der Waals surface area contributed by atoms with Crippen molar-refractivity contribution in [1.29, 1.82) is 0 Å². The minimum Gasteiger partial charge on any atom is -0.497 e. The number of ether oxygens (including phenoxy) is 2. The molecule has 2 aliphatic heterocycles. The van der Waals surface area contributed by atoms with Crippen molar-refractivity contribution < 1.29 is 13.9 Å². The van der Waals surface area contributed by atoms with E-state index >= 15 is 0 Å². The average molecular weight is 395 g/mol. The van der Waals surface area contributed by atoms with Crippen molar-refractivity contribution in [2.45, 2.75) is 12.3 Å². The molecule has 0 aliphatic carbocycles. The molecular weight excluding hydrogens is 374 g/mol. The Kier molecular flexibility index (Phi) is 3.93. The first-order valence-corrected chi connectivity index (χ1v) is 10.2. The molecule has 0 unspecified atom stereocenters. The zero-order valence-electron chi connectivity index (χ0n) is 16.6. The number of furan rings is 1. The highest BCUT2D eigenvalue weighted by Gasteiger charge is 2.43. The minimum absolute atomic E-state index is 0.131. The third-order valence-electron chi connectivity index (χ3n) is 6.03. The average Bonchev–Trinajstić information content (AvgIpc) is 3.40. The van der Waals surface area contributed by atoms with Gasteiger partial charge in [-0.1, -0.05) is 48.5 Å². The molecule has 1 fully saturated rings.